The maximum atomic E-state index is 11.2. The molecule has 1 aliphatic heterocycles. The number of morpholine rings is 1. The molecule has 1 aromatic rings. The largest absolute Gasteiger partial charge is 0.378 e. The van der Waals surface area contributed by atoms with Gasteiger partial charge in [0.25, 0.3) is 0 Å². The number of nitrogen functional groups attached to an aromatic ring is 1. The number of rotatable bonds is 5. The monoisotopic (exact) mass is 296 g/mol. The second-order valence-corrected chi connectivity index (χ2v) is 4.91. The lowest BCUT2D eigenvalue weighted by molar-refractivity contribution is -0.383. The van der Waals surface area contributed by atoms with Gasteiger partial charge < -0.3 is 20.7 Å². The Labute approximate surface area is 122 Å². The van der Waals surface area contributed by atoms with Gasteiger partial charge in [-0.05, 0) is 13.3 Å². The average molecular weight is 296 g/mol. The van der Waals surface area contributed by atoms with E-state index in [1.165, 1.54) is 0 Å². The third-order valence-electron chi connectivity index (χ3n) is 3.37. The SMILES string of the molecule is CC[C@@H](C)Nc1nc(N)c([N+](=O)[O-])c(N2CCOCC2)n1. The van der Waals surface area contributed by atoms with Crippen molar-refractivity contribution in [1.29, 1.82) is 0 Å². The summed E-state index contributed by atoms with van der Waals surface area (Å²) >= 11 is 0. The van der Waals surface area contributed by atoms with Crippen molar-refractivity contribution >= 4 is 23.3 Å². The second kappa shape index (κ2) is 6.53. The van der Waals surface area contributed by atoms with Crippen LogP contribution in [-0.4, -0.2) is 47.2 Å². The Morgan fingerprint density at radius 3 is 2.71 bits per heavy atom. The molecule has 0 saturated carbocycles. The van der Waals surface area contributed by atoms with Crippen LogP contribution in [0.5, 0.6) is 0 Å². The van der Waals surface area contributed by atoms with Crippen molar-refractivity contribution in [3.63, 3.8) is 0 Å². The molecular weight excluding hydrogens is 276 g/mol. The Hall–Kier alpha value is -2.16. The summed E-state index contributed by atoms with van der Waals surface area (Å²) in [7, 11) is 0. The number of nitrogens with one attached hydrogen (secondary N) is 1. The van der Waals surface area contributed by atoms with E-state index in [1.54, 1.807) is 0 Å². The van der Waals surface area contributed by atoms with E-state index in [4.69, 9.17) is 10.5 Å². The third-order valence-corrected chi connectivity index (χ3v) is 3.37. The van der Waals surface area contributed by atoms with Crippen molar-refractivity contribution < 1.29 is 9.66 Å². The number of anilines is 3. The summed E-state index contributed by atoms with van der Waals surface area (Å²) in [6.45, 7) is 6.11. The lowest BCUT2D eigenvalue weighted by Gasteiger charge is -2.27. The highest BCUT2D eigenvalue weighted by atomic mass is 16.6. The molecule has 2 heterocycles. The zero-order chi connectivity index (χ0) is 15.4. The van der Waals surface area contributed by atoms with E-state index in [0.29, 0.717) is 32.3 Å². The minimum absolute atomic E-state index is 0.123. The van der Waals surface area contributed by atoms with Gasteiger partial charge in [0.2, 0.25) is 17.6 Å². The molecule has 1 atom stereocenters. The van der Waals surface area contributed by atoms with Crippen LogP contribution >= 0.6 is 0 Å². The van der Waals surface area contributed by atoms with Gasteiger partial charge >= 0.3 is 5.69 Å². The fraction of sp³-hybridized carbons (Fsp3) is 0.667. The van der Waals surface area contributed by atoms with E-state index in [1.807, 2.05) is 18.7 Å². The number of hydrogen-bond donors (Lipinski definition) is 2. The first-order valence-corrected chi connectivity index (χ1v) is 6.94. The Morgan fingerprint density at radius 2 is 2.14 bits per heavy atom. The van der Waals surface area contributed by atoms with Crippen LogP contribution in [-0.2, 0) is 4.74 Å². The third kappa shape index (κ3) is 3.48. The molecule has 0 bridgehead atoms. The Balaban J connectivity index is 2.39. The van der Waals surface area contributed by atoms with Gasteiger partial charge in [-0.15, -0.1) is 0 Å². The van der Waals surface area contributed by atoms with Crippen molar-refractivity contribution in [2.75, 3.05) is 42.3 Å². The predicted molar refractivity (Wildman–Crippen MR) is 79.5 cm³/mol. The Morgan fingerprint density at radius 1 is 1.48 bits per heavy atom. The maximum Gasteiger partial charge on any atom is 0.353 e. The number of aromatic nitrogens is 2. The molecule has 0 radical (unpaired) electrons. The lowest BCUT2D eigenvalue weighted by Crippen LogP contribution is -2.37. The van der Waals surface area contributed by atoms with Crippen LogP contribution in [0, 0.1) is 10.1 Å². The van der Waals surface area contributed by atoms with Crippen LogP contribution in [0.4, 0.5) is 23.3 Å². The Kier molecular flexibility index (Phi) is 4.73. The van der Waals surface area contributed by atoms with Crippen molar-refractivity contribution in [2.45, 2.75) is 26.3 Å². The van der Waals surface area contributed by atoms with Crippen molar-refractivity contribution in [3.05, 3.63) is 10.1 Å². The summed E-state index contributed by atoms with van der Waals surface area (Å²) in [6, 6.07) is 0.156. The number of nitro groups is 1. The van der Waals surface area contributed by atoms with Crippen molar-refractivity contribution in [3.8, 4) is 0 Å². The van der Waals surface area contributed by atoms with Crippen LogP contribution in [0.2, 0.25) is 0 Å². The molecule has 0 spiro atoms. The minimum Gasteiger partial charge on any atom is -0.378 e. The Bertz CT molecular complexity index is 518. The van der Waals surface area contributed by atoms with E-state index < -0.39 is 4.92 Å². The maximum absolute atomic E-state index is 11.2. The molecule has 21 heavy (non-hydrogen) atoms. The first-order chi connectivity index (χ1) is 10.0. The molecule has 1 fully saturated rings. The smallest absolute Gasteiger partial charge is 0.353 e. The standard InChI is InChI=1S/C12H20N6O3/c1-3-8(2)14-12-15-10(13)9(18(19)20)11(16-12)17-4-6-21-7-5-17/h8H,3-7H2,1-2H3,(H3,13,14,15,16)/t8-/m1/s1. The second-order valence-electron chi connectivity index (χ2n) is 4.91. The van der Waals surface area contributed by atoms with E-state index in [9.17, 15) is 10.1 Å². The topological polar surface area (TPSA) is 119 Å². The average Bonchev–Trinajstić information content (AvgIpc) is 2.47. The molecule has 0 aliphatic carbocycles. The number of nitrogens with zero attached hydrogens (tertiary/aromatic N) is 4. The molecule has 2 rings (SSSR count). The molecule has 0 aromatic carbocycles. The highest BCUT2D eigenvalue weighted by Crippen LogP contribution is 2.32. The summed E-state index contributed by atoms with van der Waals surface area (Å²) in [5, 5.41) is 14.3. The first-order valence-electron chi connectivity index (χ1n) is 6.94. The quantitative estimate of drug-likeness (QED) is 0.610. The van der Waals surface area contributed by atoms with Gasteiger partial charge in [0.1, 0.15) is 0 Å². The molecule has 9 heteroatoms. The predicted octanol–water partition coefficient (Wildman–Crippen LogP) is 1.01. The number of nitrogens with two attached hydrogens (primary N) is 1. The van der Waals surface area contributed by atoms with Gasteiger partial charge in [0, 0.05) is 19.1 Å². The fourth-order valence-electron chi connectivity index (χ4n) is 2.02. The minimum atomic E-state index is -0.535. The molecule has 3 N–H and O–H groups in total. The molecule has 116 valence electrons. The van der Waals surface area contributed by atoms with Crippen LogP contribution in [0.3, 0.4) is 0 Å². The number of ether oxygens (including phenoxy) is 1. The number of hydrogen-bond acceptors (Lipinski definition) is 8. The summed E-state index contributed by atoms with van der Waals surface area (Å²) in [4.78, 5) is 20.8. The summed E-state index contributed by atoms with van der Waals surface area (Å²) < 4.78 is 5.26. The molecule has 1 aliphatic rings. The summed E-state index contributed by atoms with van der Waals surface area (Å²) in [5.41, 5.74) is 5.51. The van der Waals surface area contributed by atoms with Crippen molar-refractivity contribution in [1.82, 2.24) is 9.97 Å². The highest BCUT2D eigenvalue weighted by Gasteiger charge is 2.28. The molecule has 0 unspecified atom stereocenters. The zero-order valence-corrected chi connectivity index (χ0v) is 12.2. The van der Waals surface area contributed by atoms with Crippen LogP contribution in [0.25, 0.3) is 0 Å². The van der Waals surface area contributed by atoms with Crippen LogP contribution < -0.4 is 16.0 Å². The van der Waals surface area contributed by atoms with E-state index in [-0.39, 0.29) is 23.4 Å². The molecule has 1 saturated heterocycles. The van der Waals surface area contributed by atoms with Gasteiger partial charge in [0.15, 0.2) is 0 Å². The summed E-state index contributed by atoms with van der Waals surface area (Å²) in [5.74, 6) is 0.442. The highest BCUT2D eigenvalue weighted by molar-refractivity contribution is 5.71. The van der Waals surface area contributed by atoms with Gasteiger partial charge in [-0.25, -0.2) is 0 Å². The molecule has 1 aromatic heterocycles. The molecule has 9 nitrogen and oxygen atoms in total. The van der Waals surface area contributed by atoms with E-state index >= 15 is 0 Å². The van der Waals surface area contributed by atoms with Gasteiger partial charge in [0.05, 0.1) is 18.1 Å². The normalized spacial score (nSPS) is 16.6. The lowest BCUT2D eigenvalue weighted by atomic mass is 10.3. The van der Waals surface area contributed by atoms with Gasteiger partial charge in [-0.3, -0.25) is 10.1 Å². The molecule has 0 amide bonds. The van der Waals surface area contributed by atoms with Crippen molar-refractivity contribution in [2.24, 2.45) is 0 Å². The summed E-state index contributed by atoms with van der Waals surface area (Å²) in [6.07, 6.45) is 0.882. The fourth-order valence-corrected chi connectivity index (χ4v) is 2.02. The van der Waals surface area contributed by atoms with E-state index in [0.717, 1.165) is 6.42 Å². The van der Waals surface area contributed by atoms with Crippen LogP contribution in [0.15, 0.2) is 0 Å². The van der Waals surface area contributed by atoms with Gasteiger partial charge in [-0.2, -0.15) is 9.97 Å². The molecular formula is C12H20N6O3. The van der Waals surface area contributed by atoms with E-state index in [2.05, 4.69) is 15.3 Å². The zero-order valence-electron chi connectivity index (χ0n) is 12.2. The van der Waals surface area contributed by atoms with Gasteiger partial charge in [-0.1, -0.05) is 6.92 Å². The van der Waals surface area contributed by atoms with Crippen LogP contribution in [0.1, 0.15) is 20.3 Å². The first kappa shape index (κ1) is 15.2.